The molecule has 2 heterocycles. The molecule has 10 heteroatoms. The molecule has 2 aromatic rings. The molecule has 1 aliphatic heterocycles. The minimum Gasteiger partial charge on any atom is -0.465 e. The standard InChI is InChI=1S/C21H25N3O5S2/c1-15(20(25)23-13-16-5-7-17(8-6-16)21(26)29-2)30-19-10-9-18(14-22-19)31(27,28)24-11-3-4-12-24/h5-10,14-15H,3-4,11-13H2,1-2H3,(H,23,25). The smallest absolute Gasteiger partial charge is 0.337 e. The van der Waals surface area contributed by atoms with Gasteiger partial charge in [0.2, 0.25) is 15.9 Å². The molecule has 0 bridgehead atoms. The van der Waals surface area contributed by atoms with Crippen LogP contribution < -0.4 is 5.32 Å². The lowest BCUT2D eigenvalue weighted by atomic mass is 10.1. The first-order valence-corrected chi connectivity index (χ1v) is 12.2. The Labute approximate surface area is 186 Å². The highest BCUT2D eigenvalue weighted by atomic mass is 32.2. The maximum atomic E-state index is 12.6. The van der Waals surface area contributed by atoms with Crippen LogP contribution in [0.25, 0.3) is 0 Å². The van der Waals surface area contributed by atoms with Crippen molar-refractivity contribution in [2.24, 2.45) is 0 Å². The summed E-state index contributed by atoms with van der Waals surface area (Å²) in [6, 6.07) is 9.97. The Bertz CT molecular complexity index is 1020. The van der Waals surface area contributed by atoms with E-state index in [0.29, 0.717) is 30.2 Å². The van der Waals surface area contributed by atoms with Crippen molar-refractivity contribution in [2.75, 3.05) is 20.2 Å². The van der Waals surface area contributed by atoms with Gasteiger partial charge < -0.3 is 10.1 Å². The van der Waals surface area contributed by atoms with Crippen LogP contribution in [0.3, 0.4) is 0 Å². The van der Waals surface area contributed by atoms with Gasteiger partial charge in [0, 0.05) is 25.8 Å². The predicted octanol–water partition coefficient (Wildman–Crippen LogP) is 2.45. The molecule has 1 aromatic heterocycles. The number of methoxy groups -OCH3 is 1. The topological polar surface area (TPSA) is 106 Å². The van der Waals surface area contributed by atoms with Crippen molar-refractivity contribution in [1.29, 1.82) is 0 Å². The zero-order valence-corrected chi connectivity index (χ0v) is 19.0. The SMILES string of the molecule is COC(=O)c1ccc(CNC(=O)C(C)Sc2ccc(S(=O)(=O)N3CCCC3)cn2)cc1. The lowest BCUT2D eigenvalue weighted by Gasteiger charge is -2.15. The zero-order chi connectivity index (χ0) is 22.4. The number of rotatable bonds is 8. The molecule has 8 nitrogen and oxygen atoms in total. The van der Waals surface area contributed by atoms with Crippen molar-refractivity contribution in [3.63, 3.8) is 0 Å². The maximum absolute atomic E-state index is 12.6. The summed E-state index contributed by atoms with van der Waals surface area (Å²) in [6.45, 7) is 3.17. The van der Waals surface area contributed by atoms with Gasteiger partial charge in [-0.15, -0.1) is 0 Å². The number of hydrogen-bond acceptors (Lipinski definition) is 7. The predicted molar refractivity (Wildman–Crippen MR) is 117 cm³/mol. The van der Waals surface area contributed by atoms with Crippen LogP contribution in [0.5, 0.6) is 0 Å². The van der Waals surface area contributed by atoms with Crippen molar-refractivity contribution in [3.05, 3.63) is 53.7 Å². The zero-order valence-electron chi connectivity index (χ0n) is 17.4. The molecular formula is C21H25N3O5S2. The molecule has 166 valence electrons. The molecule has 1 aromatic carbocycles. The van der Waals surface area contributed by atoms with Crippen LogP contribution in [0.4, 0.5) is 0 Å². The van der Waals surface area contributed by atoms with Crippen molar-refractivity contribution in [2.45, 2.75) is 41.5 Å². The Morgan fingerprint density at radius 1 is 1.16 bits per heavy atom. The molecule has 1 atom stereocenters. The van der Waals surface area contributed by atoms with Crippen LogP contribution in [0, 0.1) is 0 Å². The number of ether oxygens (including phenoxy) is 1. The Morgan fingerprint density at radius 2 is 1.84 bits per heavy atom. The molecule has 0 aliphatic carbocycles. The van der Waals surface area contributed by atoms with E-state index in [2.05, 4.69) is 15.0 Å². The third kappa shape index (κ3) is 5.84. The first-order chi connectivity index (χ1) is 14.8. The average molecular weight is 464 g/mol. The Morgan fingerprint density at radius 3 is 2.42 bits per heavy atom. The molecule has 1 aliphatic rings. The van der Waals surface area contributed by atoms with E-state index in [9.17, 15) is 18.0 Å². The molecular weight excluding hydrogens is 438 g/mol. The third-order valence-corrected chi connectivity index (χ3v) is 7.85. The molecule has 1 amide bonds. The summed E-state index contributed by atoms with van der Waals surface area (Å²) >= 11 is 1.25. The van der Waals surface area contributed by atoms with Gasteiger partial charge in [-0.3, -0.25) is 4.79 Å². The van der Waals surface area contributed by atoms with Gasteiger partial charge >= 0.3 is 5.97 Å². The van der Waals surface area contributed by atoms with Crippen LogP contribution >= 0.6 is 11.8 Å². The molecule has 1 fully saturated rings. The summed E-state index contributed by atoms with van der Waals surface area (Å²) in [7, 11) is -2.17. The highest BCUT2D eigenvalue weighted by Crippen LogP contribution is 2.25. The van der Waals surface area contributed by atoms with Gasteiger partial charge in [0.25, 0.3) is 0 Å². The minimum atomic E-state index is -3.50. The Balaban J connectivity index is 1.53. The highest BCUT2D eigenvalue weighted by Gasteiger charge is 2.27. The molecule has 31 heavy (non-hydrogen) atoms. The van der Waals surface area contributed by atoms with Crippen LogP contribution in [0.15, 0.2) is 52.5 Å². The number of nitrogens with zero attached hydrogens (tertiary/aromatic N) is 2. The normalized spacial score (nSPS) is 15.4. The van der Waals surface area contributed by atoms with E-state index in [1.807, 2.05) is 0 Å². The first-order valence-electron chi connectivity index (χ1n) is 9.89. The lowest BCUT2D eigenvalue weighted by molar-refractivity contribution is -0.120. The minimum absolute atomic E-state index is 0.169. The number of hydrogen-bond donors (Lipinski definition) is 1. The van der Waals surface area contributed by atoms with Crippen molar-refractivity contribution < 1.29 is 22.7 Å². The number of aromatic nitrogens is 1. The summed E-state index contributed by atoms with van der Waals surface area (Å²) in [4.78, 5) is 28.3. The fourth-order valence-electron chi connectivity index (χ4n) is 3.11. The Kier molecular flexibility index (Phi) is 7.69. The van der Waals surface area contributed by atoms with Crippen LogP contribution in [-0.4, -0.2) is 55.0 Å². The fraction of sp³-hybridized carbons (Fsp3) is 0.381. The molecule has 3 rings (SSSR count). The molecule has 0 radical (unpaired) electrons. The van der Waals surface area contributed by atoms with E-state index < -0.39 is 21.2 Å². The van der Waals surface area contributed by atoms with Gasteiger partial charge in [-0.05, 0) is 49.6 Å². The second-order valence-electron chi connectivity index (χ2n) is 7.11. The van der Waals surface area contributed by atoms with Gasteiger partial charge in [-0.2, -0.15) is 4.31 Å². The Hall–Kier alpha value is -2.43. The number of benzene rings is 1. The van der Waals surface area contributed by atoms with Crippen molar-refractivity contribution >= 4 is 33.7 Å². The average Bonchev–Trinajstić information content (AvgIpc) is 3.33. The number of nitrogens with one attached hydrogen (secondary N) is 1. The van der Waals surface area contributed by atoms with E-state index in [4.69, 9.17) is 0 Å². The van der Waals surface area contributed by atoms with E-state index in [-0.39, 0.29) is 10.8 Å². The number of carbonyl (C=O) groups is 2. The van der Waals surface area contributed by atoms with Gasteiger partial charge in [0.15, 0.2) is 0 Å². The number of esters is 1. The maximum Gasteiger partial charge on any atom is 0.337 e. The van der Waals surface area contributed by atoms with Gasteiger partial charge in [0.1, 0.15) is 4.90 Å². The van der Waals surface area contributed by atoms with Gasteiger partial charge in [-0.1, -0.05) is 23.9 Å². The summed E-state index contributed by atoms with van der Waals surface area (Å²) in [5.74, 6) is -0.579. The fourth-order valence-corrected chi connectivity index (χ4v) is 5.39. The molecule has 1 N–H and O–H groups in total. The quantitative estimate of drug-likeness (QED) is 0.473. The summed E-state index contributed by atoms with van der Waals surface area (Å²) < 4.78 is 31.3. The summed E-state index contributed by atoms with van der Waals surface area (Å²) in [5, 5.41) is 3.01. The van der Waals surface area contributed by atoms with E-state index in [1.54, 1.807) is 37.3 Å². The van der Waals surface area contributed by atoms with E-state index in [0.717, 1.165) is 18.4 Å². The van der Waals surface area contributed by atoms with Crippen LogP contribution in [0.2, 0.25) is 0 Å². The number of amides is 1. The summed E-state index contributed by atoms with van der Waals surface area (Å²) in [5.41, 5.74) is 1.30. The van der Waals surface area contributed by atoms with E-state index >= 15 is 0 Å². The molecule has 1 saturated heterocycles. The molecule has 0 saturated carbocycles. The molecule has 1 unspecified atom stereocenters. The highest BCUT2D eigenvalue weighted by molar-refractivity contribution is 8.00. The second-order valence-corrected chi connectivity index (χ2v) is 10.4. The number of thioether (sulfide) groups is 1. The second kappa shape index (κ2) is 10.3. The number of sulfonamides is 1. The van der Waals surface area contributed by atoms with Crippen LogP contribution in [0.1, 0.15) is 35.7 Å². The monoisotopic (exact) mass is 463 g/mol. The third-order valence-electron chi connectivity index (χ3n) is 4.92. The van der Waals surface area contributed by atoms with Crippen molar-refractivity contribution in [3.8, 4) is 0 Å². The van der Waals surface area contributed by atoms with Crippen molar-refractivity contribution in [1.82, 2.24) is 14.6 Å². The lowest BCUT2D eigenvalue weighted by Crippen LogP contribution is -2.30. The number of carbonyl (C=O) groups excluding carboxylic acids is 2. The first kappa shape index (κ1) is 23.2. The largest absolute Gasteiger partial charge is 0.465 e. The van der Waals surface area contributed by atoms with E-state index in [1.165, 1.54) is 35.4 Å². The molecule has 0 spiro atoms. The van der Waals surface area contributed by atoms with Gasteiger partial charge in [-0.25, -0.2) is 18.2 Å². The van der Waals surface area contributed by atoms with Gasteiger partial charge in [0.05, 0.1) is 22.9 Å². The number of pyridine rings is 1. The summed E-state index contributed by atoms with van der Waals surface area (Å²) in [6.07, 6.45) is 3.11. The van der Waals surface area contributed by atoms with Crippen LogP contribution in [-0.2, 0) is 26.1 Å².